The lowest BCUT2D eigenvalue weighted by Crippen LogP contribution is -2.25. The molecule has 0 saturated heterocycles. The summed E-state index contributed by atoms with van der Waals surface area (Å²) in [6.07, 6.45) is 7.28. The molecule has 0 aromatic rings. The van der Waals surface area contributed by atoms with Crippen LogP contribution in [-0.2, 0) is 0 Å². The molecule has 1 aliphatic carbocycles. The molecule has 0 bridgehead atoms. The molecule has 0 radical (unpaired) electrons. The molecule has 0 aromatic carbocycles. The van der Waals surface area contributed by atoms with E-state index in [9.17, 15) is 0 Å². The average molecular weight is 247 g/mol. The van der Waals surface area contributed by atoms with Gasteiger partial charge >= 0.3 is 0 Å². The van der Waals surface area contributed by atoms with E-state index in [4.69, 9.17) is 0 Å². The van der Waals surface area contributed by atoms with Gasteiger partial charge in [-0.2, -0.15) is 0 Å². The number of rotatable bonds is 3. The summed E-state index contributed by atoms with van der Waals surface area (Å²) in [6, 6.07) is 0. The summed E-state index contributed by atoms with van der Waals surface area (Å²) in [4.78, 5) is 0.688. The van der Waals surface area contributed by atoms with E-state index in [-0.39, 0.29) is 0 Å². The van der Waals surface area contributed by atoms with Crippen LogP contribution in [0.15, 0.2) is 0 Å². The molecule has 0 N–H and O–H groups in total. The van der Waals surface area contributed by atoms with Gasteiger partial charge in [0.05, 0.1) is 0 Å². The molecule has 13 heavy (non-hydrogen) atoms. The van der Waals surface area contributed by atoms with Crippen LogP contribution in [0.1, 0.15) is 52.9 Å². The number of hydrogen-bond donors (Lipinski definition) is 0. The molecule has 1 heteroatoms. The SMILES string of the molecule is CCC1CCCC(C(C)C(C)Br)C1. The Labute approximate surface area is 91.6 Å². The molecule has 0 aromatic heterocycles. The van der Waals surface area contributed by atoms with E-state index in [2.05, 4.69) is 36.7 Å². The van der Waals surface area contributed by atoms with Crippen molar-refractivity contribution in [2.45, 2.75) is 57.7 Å². The summed E-state index contributed by atoms with van der Waals surface area (Å²) in [5.41, 5.74) is 0. The van der Waals surface area contributed by atoms with Crippen molar-refractivity contribution in [2.75, 3.05) is 0 Å². The smallest absolute Gasteiger partial charge is 0.0145 e. The molecule has 1 fully saturated rings. The number of halogens is 1. The Balaban J connectivity index is 2.41. The van der Waals surface area contributed by atoms with Crippen LogP contribution in [0.4, 0.5) is 0 Å². The molecule has 4 atom stereocenters. The highest BCUT2D eigenvalue weighted by molar-refractivity contribution is 9.09. The first kappa shape index (κ1) is 11.6. The van der Waals surface area contributed by atoms with Crippen LogP contribution in [0.25, 0.3) is 0 Å². The van der Waals surface area contributed by atoms with Crippen molar-refractivity contribution in [3.63, 3.8) is 0 Å². The van der Waals surface area contributed by atoms with E-state index in [1.165, 1.54) is 32.1 Å². The van der Waals surface area contributed by atoms with Crippen molar-refractivity contribution in [3.8, 4) is 0 Å². The largest absolute Gasteiger partial charge is 0.0891 e. The maximum Gasteiger partial charge on any atom is 0.0145 e. The van der Waals surface area contributed by atoms with E-state index in [0.29, 0.717) is 4.83 Å². The Bertz CT molecular complexity index is 142. The van der Waals surface area contributed by atoms with E-state index in [0.717, 1.165) is 17.8 Å². The zero-order valence-electron chi connectivity index (χ0n) is 9.22. The first-order valence-electron chi connectivity index (χ1n) is 5.79. The Morgan fingerprint density at radius 2 is 2.00 bits per heavy atom. The maximum absolute atomic E-state index is 3.72. The van der Waals surface area contributed by atoms with Crippen molar-refractivity contribution in [2.24, 2.45) is 17.8 Å². The van der Waals surface area contributed by atoms with Crippen LogP contribution in [0, 0.1) is 17.8 Å². The quantitative estimate of drug-likeness (QED) is 0.638. The summed E-state index contributed by atoms with van der Waals surface area (Å²) in [6.45, 7) is 7.04. The highest BCUT2D eigenvalue weighted by Gasteiger charge is 2.26. The van der Waals surface area contributed by atoms with Gasteiger partial charge in [0.2, 0.25) is 0 Å². The predicted molar refractivity (Wildman–Crippen MR) is 63.3 cm³/mol. The van der Waals surface area contributed by atoms with Gasteiger partial charge in [-0.3, -0.25) is 0 Å². The third-order valence-electron chi connectivity index (χ3n) is 3.87. The molecule has 0 amide bonds. The van der Waals surface area contributed by atoms with Gasteiger partial charge < -0.3 is 0 Å². The summed E-state index contributed by atoms with van der Waals surface area (Å²) in [5, 5.41) is 0. The molecule has 78 valence electrons. The highest BCUT2D eigenvalue weighted by Crippen LogP contribution is 2.37. The minimum atomic E-state index is 0.688. The Morgan fingerprint density at radius 3 is 2.54 bits per heavy atom. The lowest BCUT2D eigenvalue weighted by atomic mass is 9.74. The minimum absolute atomic E-state index is 0.688. The number of alkyl halides is 1. The summed E-state index contributed by atoms with van der Waals surface area (Å²) in [7, 11) is 0. The van der Waals surface area contributed by atoms with E-state index < -0.39 is 0 Å². The fraction of sp³-hybridized carbons (Fsp3) is 1.00. The summed E-state index contributed by atoms with van der Waals surface area (Å²) < 4.78 is 0. The topological polar surface area (TPSA) is 0 Å². The third-order valence-corrected chi connectivity index (χ3v) is 4.70. The molecular weight excluding hydrogens is 224 g/mol. The molecular formula is C12H23Br. The second kappa shape index (κ2) is 5.38. The van der Waals surface area contributed by atoms with Crippen molar-refractivity contribution in [1.29, 1.82) is 0 Å². The lowest BCUT2D eigenvalue weighted by molar-refractivity contribution is 0.202. The predicted octanol–water partition coefficient (Wildman–Crippen LogP) is 4.62. The maximum atomic E-state index is 3.72. The average Bonchev–Trinajstić information content (AvgIpc) is 2.16. The van der Waals surface area contributed by atoms with Gasteiger partial charge in [-0.15, -0.1) is 0 Å². The molecule has 1 saturated carbocycles. The molecule has 0 nitrogen and oxygen atoms in total. The standard InChI is InChI=1S/C12H23Br/c1-4-11-6-5-7-12(8-11)9(2)10(3)13/h9-12H,4-8H2,1-3H3. The summed E-state index contributed by atoms with van der Waals surface area (Å²) in [5.74, 6) is 2.86. The van der Waals surface area contributed by atoms with Crippen molar-refractivity contribution < 1.29 is 0 Å². The van der Waals surface area contributed by atoms with Gasteiger partial charge in [-0.1, -0.05) is 62.4 Å². The fourth-order valence-electron chi connectivity index (χ4n) is 2.56. The Morgan fingerprint density at radius 1 is 1.31 bits per heavy atom. The Kier molecular flexibility index (Phi) is 4.78. The first-order valence-corrected chi connectivity index (χ1v) is 6.70. The second-order valence-corrected chi connectivity index (χ2v) is 6.18. The van der Waals surface area contributed by atoms with Gasteiger partial charge in [-0.25, -0.2) is 0 Å². The minimum Gasteiger partial charge on any atom is -0.0891 e. The second-order valence-electron chi connectivity index (χ2n) is 4.74. The monoisotopic (exact) mass is 246 g/mol. The van der Waals surface area contributed by atoms with E-state index in [1.54, 1.807) is 0 Å². The zero-order chi connectivity index (χ0) is 9.84. The molecule has 0 heterocycles. The van der Waals surface area contributed by atoms with Crippen molar-refractivity contribution >= 4 is 15.9 Å². The third kappa shape index (κ3) is 3.27. The van der Waals surface area contributed by atoms with Gasteiger partial charge in [0, 0.05) is 4.83 Å². The van der Waals surface area contributed by atoms with E-state index >= 15 is 0 Å². The molecule has 0 spiro atoms. The van der Waals surface area contributed by atoms with Gasteiger partial charge in [0.1, 0.15) is 0 Å². The molecule has 4 unspecified atom stereocenters. The van der Waals surface area contributed by atoms with Crippen LogP contribution >= 0.6 is 15.9 Å². The molecule has 1 rings (SSSR count). The fourth-order valence-corrected chi connectivity index (χ4v) is 2.99. The normalized spacial score (nSPS) is 34.2. The highest BCUT2D eigenvalue weighted by atomic mass is 79.9. The van der Waals surface area contributed by atoms with Crippen molar-refractivity contribution in [3.05, 3.63) is 0 Å². The van der Waals surface area contributed by atoms with Crippen LogP contribution in [0.5, 0.6) is 0 Å². The number of hydrogen-bond acceptors (Lipinski definition) is 0. The van der Waals surface area contributed by atoms with Gasteiger partial charge in [0.25, 0.3) is 0 Å². The van der Waals surface area contributed by atoms with Crippen LogP contribution < -0.4 is 0 Å². The lowest BCUT2D eigenvalue weighted by Gasteiger charge is -2.33. The van der Waals surface area contributed by atoms with Gasteiger partial charge in [-0.05, 0) is 24.2 Å². The Hall–Kier alpha value is 0.480. The van der Waals surface area contributed by atoms with E-state index in [1.807, 2.05) is 0 Å². The molecule has 0 aliphatic heterocycles. The zero-order valence-corrected chi connectivity index (χ0v) is 10.8. The van der Waals surface area contributed by atoms with Crippen LogP contribution in [0.2, 0.25) is 0 Å². The summed E-state index contributed by atoms with van der Waals surface area (Å²) >= 11 is 3.72. The van der Waals surface area contributed by atoms with Crippen molar-refractivity contribution in [1.82, 2.24) is 0 Å². The first-order chi connectivity index (χ1) is 6.15. The van der Waals surface area contributed by atoms with Crippen LogP contribution in [0.3, 0.4) is 0 Å². The molecule has 1 aliphatic rings. The van der Waals surface area contributed by atoms with Gasteiger partial charge in [0.15, 0.2) is 0 Å². The van der Waals surface area contributed by atoms with Crippen LogP contribution in [-0.4, -0.2) is 4.83 Å².